The largest absolute Gasteiger partial charge is 0.361 e. The predicted molar refractivity (Wildman–Crippen MR) is 88.5 cm³/mol. The van der Waals surface area contributed by atoms with E-state index >= 15 is 0 Å². The molecule has 0 saturated carbocycles. The highest BCUT2D eigenvalue weighted by Crippen LogP contribution is 2.13. The first-order chi connectivity index (χ1) is 10.6. The molecule has 110 valence electrons. The number of carbonyl (C=O) groups is 1. The fourth-order valence-electron chi connectivity index (χ4n) is 2.53. The number of nitrogens with one attached hydrogen (secondary N) is 1. The molecular formula is C19H17NO2. The van der Waals surface area contributed by atoms with Gasteiger partial charge < -0.3 is 4.98 Å². The van der Waals surface area contributed by atoms with E-state index in [1.54, 1.807) is 12.3 Å². The van der Waals surface area contributed by atoms with Crippen molar-refractivity contribution < 1.29 is 4.79 Å². The summed E-state index contributed by atoms with van der Waals surface area (Å²) in [7, 11) is 0. The van der Waals surface area contributed by atoms with Crippen molar-refractivity contribution in [3.05, 3.63) is 81.1 Å². The van der Waals surface area contributed by atoms with Crippen LogP contribution in [0.5, 0.6) is 0 Å². The summed E-state index contributed by atoms with van der Waals surface area (Å²) in [5, 5.41) is 0.618. The molecule has 0 saturated heterocycles. The molecule has 0 aliphatic heterocycles. The van der Waals surface area contributed by atoms with Crippen molar-refractivity contribution in [1.29, 1.82) is 0 Å². The quantitative estimate of drug-likeness (QED) is 0.750. The van der Waals surface area contributed by atoms with Crippen LogP contribution >= 0.6 is 0 Å². The number of hydrogen-bond acceptors (Lipinski definition) is 2. The molecule has 0 aliphatic rings. The molecule has 1 aromatic heterocycles. The zero-order valence-electron chi connectivity index (χ0n) is 12.6. The molecule has 0 aliphatic carbocycles. The van der Waals surface area contributed by atoms with Gasteiger partial charge in [0.1, 0.15) is 0 Å². The van der Waals surface area contributed by atoms with Gasteiger partial charge in [-0.1, -0.05) is 24.3 Å². The van der Waals surface area contributed by atoms with Crippen LogP contribution in [0.1, 0.15) is 27.0 Å². The van der Waals surface area contributed by atoms with E-state index in [0.717, 1.165) is 16.6 Å². The van der Waals surface area contributed by atoms with Crippen LogP contribution in [-0.4, -0.2) is 10.8 Å². The third-order valence-electron chi connectivity index (χ3n) is 4.05. The van der Waals surface area contributed by atoms with Crippen LogP contribution in [0.3, 0.4) is 0 Å². The summed E-state index contributed by atoms with van der Waals surface area (Å²) >= 11 is 0. The Morgan fingerprint density at radius 1 is 1.05 bits per heavy atom. The van der Waals surface area contributed by atoms with Crippen LogP contribution in [0, 0.1) is 13.8 Å². The van der Waals surface area contributed by atoms with Gasteiger partial charge in [-0.05, 0) is 43.2 Å². The number of aromatic amines is 1. The van der Waals surface area contributed by atoms with E-state index in [4.69, 9.17) is 0 Å². The second-order valence-electron chi connectivity index (χ2n) is 5.59. The highest BCUT2D eigenvalue weighted by molar-refractivity contribution is 5.98. The molecule has 3 nitrogen and oxygen atoms in total. The number of aryl methyl sites for hydroxylation is 2. The minimum absolute atomic E-state index is 0.0381. The Labute approximate surface area is 128 Å². The third-order valence-corrected chi connectivity index (χ3v) is 4.05. The number of ketones is 1. The summed E-state index contributed by atoms with van der Waals surface area (Å²) in [6, 6.07) is 13.0. The molecule has 3 rings (SSSR count). The van der Waals surface area contributed by atoms with Crippen molar-refractivity contribution in [3.63, 3.8) is 0 Å². The van der Waals surface area contributed by atoms with Crippen molar-refractivity contribution >= 4 is 16.7 Å². The number of hydrogen-bond donors (Lipinski definition) is 1. The average molecular weight is 291 g/mol. The smallest absolute Gasteiger partial charge is 0.193 e. The van der Waals surface area contributed by atoms with E-state index in [1.165, 1.54) is 0 Å². The molecule has 1 N–H and O–H groups in total. The second-order valence-corrected chi connectivity index (χ2v) is 5.59. The number of benzene rings is 2. The zero-order valence-corrected chi connectivity index (χ0v) is 12.6. The van der Waals surface area contributed by atoms with Gasteiger partial charge in [0.2, 0.25) is 0 Å². The van der Waals surface area contributed by atoms with Crippen LogP contribution < -0.4 is 5.43 Å². The number of carbonyl (C=O) groups excluding carboxylic acids is 1. The highest BCUT2D eigenvalue weighted by atomic mass is 16.1. The Balaban J connectivity index is 1.96. The van der Waals surface area contributed by atoms with Crippen molar-refractivity contribution in [2.24, 2.45) is 0 Å². The SMILES string of the molecule is Cc1ccc(C(=O)Cc2c[nH]c3ccccc3c2=O)cc1C. The second kappa shape index (κ2) is 5.60. The maximum absolute atomic E-state index is 12.4. The van der Waals surface area contributed by atoms with Gasteiger partial charge in [-0.25, -0.2) is 0 Å². The summed E-state index contributed by atoms with van der Waals surface area (Å²) in [4.78, 5) is 27.9. The molecule has 0 bridgehead atoms. The average Bonchev–Trinajstić information content (AvgIpc) is 2.53. The van der Waals surface area contributed by atoms with E-state index in [1.807, 2.05) is 50.2 Å². The Morgan fingerprint density at radius 3 is 2.59 bits per heavy atom. The van der Waals surface area contributed by atoms with Gasteiger partial charge in [0.05, 0.1) is 0 Å². The third kappa shape index (κ3) is 2.58. The lowest BCUT2D eigenvalue weighted by atomic mass is 9.99. The number of Topliss-reactive ketones (excluding diaryl/α,β-unsaturated/α-hetero) is 1. The monoisotopic (exact) mass is 291 g/mol. The summed E-state index contributed by atoms with van der Waals surface area (Å²) in [5.41, 5.74) is 4.09. The number of rotatable bonds is 3. The Kier molecular flexibility index (Phi) is 3.63. The molecule has 1 heterocycles. The minimum Gasteiger partial charge on any atom is -0.361 e. The molecule has 22 heavy (non-hydrogen) atoms. The standard InChI is InChI=1S/C19H17NO2/c1-12-7-8-14(9-13(12)2)18(21)10-15-11-20-17-6-4-3-5-16(17)19(15)22/h3-9,11H,10H2,1-2H3,(H,20,22). The van der Waals surface area contributed by atoms with Gasteiger partial charge in [0, 0.05) is 34.6 Å². The molecule has 0 atom stereocenters. The van der Waals surface area contributed by atoms with E-state index in [9.17, 15) is 9.59 Å². The number of aromatic nitrogens is 1. The molecule has 0 spiro atoms. The number of pyridine rings is 1. The first kappa shape index (κ1) is 14.3. The lowest BCUT2D eigenvalue weighted by molar-refractivity contribution is 0.0992. The molecule has 0 fully saturated rings. The summed E-state index contributed by atoms with van der Waals surface area (Å²) in [6.07, 6.45) is 1.76. The van der Waals surface area contributed by atoms with E-state index in [0.29, 0.717) is 16.5 Å². The zero-order chi connectivity index (χ0) is 15.7. The molecule has 3 aromatic rings. The summed E-state index contributed by atoms with van der Waals surface area (Å²) in [5.74, 6) is -0.0381. The molecule has 0 radical (unpaired) electrons. The topological polar surface area (TPSA) is 49.9 Å². The Morgan fingerprint density at radius 2 is 1.82 bits per heavy atom. The van der Waals surface area contributed by atoms with E-state index in [2.05, 4.69) is 4.98 Å². The van der Waals surface area contributed by atoms with Crippen LogP contribution in [-0.2, 0) is 6.42 Å². The maximum atomic E-state index is 12.4. The van der Waals surface area contributed by atoms with Gasteiger partial charge >= 0.3 is 0 Å². The van der Waals surface area contributed by atoms with Crippen molar-refractivity contribution in [1.82, 2.24) is 4.98 Å². The normalized spacial score (nSPS) is 10.8. The molecule has 0 amide bonds. The fourth-order valence-corrected chi connectivity index (χ4v) is 2.53. The van der Waals surface area contributed by atoms with Crippen LogP contribution in [0.2, 0.25) is 0 Å². The lowest BCUT2D eigenvalue weighted by Crippen LogP contribution is -2.15. The van der Waals surface area contributed by atoms with Crippen LogP contribution in [0.4, 0.5) is 0 Å². The highest BCUT2D eigenvalue weighted by Gasteiger charge is 2.12. The molecule has 3 heteroatoms. The van der Waals surface area contributed by atoms with E-state index in [-0.39, 0.29) is 17.6 Å². The first-order valence-electron chi connectivity index (χ1n) is 7.26. The predicted octanol–water partition coefficient (Wildman–Crippen LogP) is 3.57. The van der Waals surface area contributed by atoms with Gasteiger partial charge in [-0.15, -0.1) is 0 Å². The van der Waals surface area contributed by atoms with Gasteiger partial charge in [0.15, 0.2) is 11.2 Å². The first-order valence-corrected chi connectivity index (χ1v) is 7.26. The maximum Gasteiger partial charge on any atom is 0.193 e. The Bertz CT molecular complexity index is 922. The van der Waals surface area contributed by atoms with Crippen molar-refractivity contribution in [2.45, 2.75) is 20.3 Å². The minimum atomic E-state index is -0.0773. The van der Waals surface area contributed by atoms with E-state index < -0.39 is 0 Å². The number of H-pyrrole nitrogens is 1. The molecule has 2 aromatic carbocycles. The van der Waals surface area contributed by atoms with Crippen molar-refractivity contribution in [3.8, 4) is 0 Å². The van der Waals surface area contributed by atoms with Gasteiger partial charge in [-0.2, -0.15) is 0 Å². The van der Waals surface area contributed by atoms with Crippen molar-refractivity contribution in [2.75, 3.05) is 0 Å². The van der Waals surface area contributed by atoms with Gasteiger partial charge in [-0.3, -0.25) is 9.59 Å². The fraction of sp³-hybridized carbons (Fsp3) is 0.158. The van der Waals surface area contributed by atoms with Gasteiger partial charge in [0.25, 0.3) is 0 Å². The summed E-state index contributed by atoms with van der Waals surface area (Å²) in [6.45, 7) is 3.99. The summed E-state index contributed by atoms with van der Waals surface area (Å²) < 4.78 is 0. The number of para-hydroxylation sites is 1. The van der Waals surface area contributed by atoms with Crippen LogP contribution in [0.25, 0.3) is 10.9 Å². The number of fused-ring (bicyclic) bond motifs is 1. The molecular weight excluding hydrogens is 274 g/mol. The lowest BCUT2D eigenvalue weighted by Gasteiger charge is -2.06. The Hall–Kier alpha value is -2.68. The molecule has 0 unspecified atom stereocenters. The van der Waals surface area contributed by atoms with Crippen LogP contribution in [0.15, 0.2) is 53.5 Å².